The minimum atomic E-state index is -3.88. The number of amides is 1. The predicted molar refractivity (Wildman–Crippen MR) is 125 cm³/mol. The number of nitrogens with zero attached hydrogens (tertiary/aromatic N) is 4. The summed E-state index contributed by atoms with van der Waals surface area (Å²) in [7, 11) is -2.30. The average Bonchev–Trinajstić information content (AvgIpc) is 3.03. The lowest BCUT2D eigenvalue weighted by Gasteiger charge is -2.30. The Hall–Kier alpha value is -3.53. The molecule has 2 aliphatic rings. The van der Waals surface area contributed by atoms with Crippen molar-refractivity contribution in [3.63, 3.8) is 0 Å². The molecule has 1 amide bonds. The molecule has 170 valence electrons. The van der Waals surface area contributed by atoms with Gasteiger partial charge in [-0.15, -0.1) is 4.40 Å². The number of aromatic nitrogens is 2. The number of H-pyrrole nitrogens is 1. The van der Waals surface area contributed by atoms with Gasteiger partial charge in [0, 0.05) is 25.6 Å². The first-order chi connectivity index (χ1) is 15.8. The first-order valence-electron chi connectivity index (χ1n) is 10.8. The molecule has 0 unspecified atom stereocenters. The van der Waals surface area contributed by atoms with E-state index in [0.29, 0.717) is 41.2 Å². The van der Waals surface area contributed by atoms with Crippen LogP contribution in [0, 0.1) is 0 Å². The highest BCUT2D eigenvalue weighted by molar-refractivity contribution is 7.90. The van der Waals surface area contributed by atoms with Crippen molar-refractivity contribution in [2.45, 2.75) is 37.1 Å². The normalized spacial score (nSPS) is 17.0. The molecule has 3 heterocycles. The second kappa shape index (κ2) is 8.11. The molecule has 0 aliphatic carbocycles. The lowest BCUT2D eigenvalue weighted by atomic mass is 10.1. The number of hydrogen-bond donors (Lipinski definition) is 1. The van der Waals surface area contributed by atoms with E-state index in [9.17, 15) is 18.0 Å². The highest BCUT2D eigenvalue weighted by Crippen LogP contribution is 2.35. The Labute approximate surface area is 190 Å². The number of aromatic amines is 1. The third-order valence-electron chi connectivity index (χ3n) is 5.99. The van der Waals surface area contributed by atoms with Crippen molar-refractivity contribution in [1.82, 2.24) is 14.9 Å². The summed E-state index contributed by atoms with van der Waals surface area (Å²) in [6.45, 7) is 0.771. The largest absolute Gasteiger partial charge is 0.334 e. The summed E-state index contributed by atoms with van der Waals surface area (Å²) in [5.41, 5.74) is 1.07. The first-order valence-corrected chi connectivity index (χ1v) is 12.3. The summed E-state index contributed by atoms with van der Waals surface area (Å²) in [6, 6.07) is 11.7. The molecule has 1 fully saturated rings. The van der Waals surface area contributed by atoms with Crippen molar-refractivity contribution >= 4 is 38.4 Å². The molecule has 1 N–H and O–H groups in total. The second-order valence-electron chi connectivity index (χ2n) is 8.32. The van der Waals surface area contributed by atoms with Crippen molar-refractivity contribution in [2.24, 2.45) is 4.40 Å². The van der Waals surface area contributed by atoms with Gasteiger partial charge in [0.05, 0.1) is 23.1 Å². The molecule has 5 rings (SSSR count). The van der Waals surface area contributed by atoms with Crippen LogP contribution < -0.4 is 10.5 Å². The van der Waals surface area contributed by atoms with Crippen molar-refractivity contribution in [2.75, 3.05) is 18.5 Å². The standard InChI is InChI=1S/C23H23N5O4S/c1-27(14-20-24-17-8-5-4-7-16(17)22(29)25-20)23(30)15-10-11-18-19(13-15)33(31,32)26-21-9-3-2-6-12-28(18)21/h4-5,7-8,10-11,13H,2-3,6,9,12,14H2,1H3,(H,24,25,29). The van der Waals surface area contributed by atoms with Crippen LogP contribution in [-0.2, 0) is 16.6 Å². The molecule has 0 bridgehead atoms. The van der Waals surface area contributed by atoms with E-state index in [1.54, 1.807) is 43.4 Å². The van der Waals surface area contributed by atoms with Gasteiger partial charge in [-0.2, -0.15) is 8.42 Å². The molecule has 9 nitrogen and oxygen atoms in total. The van der Waals surface area contributed by atoms with Gasteiger partial charge in [-0.1, -0.05) is 18.6 Å². The van der Waals surface area contributed by atoms with Gasteiger partial charge in [0.2, 0.25) is 0 Å². The van der Waals surface area contributed by atoms with Crippen LogP contribution in [0.15, 0.2) is 56.6 Å². The minimum Gasteiger partial charge on any atom is -0.334 e. The molecule has 2 aromatic carbocycles. The third-order valence-corrected chi connectivity index (χ3v) is 7.32. The summed E-state index contributed by atoms with van der Waals surface area (Å²) >= 11 is 0. The molecule has 10 heteroatoms. The number of para-hydroxylation sites is 1. The maximum absolute atomic E-state index is 13.1. The summed E-state index contributed by atoms with van der Waals surface area (Å²) in [5.74, 6) is 0.538. The number of carbonyl (C=O) groups excluding carboxylic acids is 1. The molecule has 3 aromatic rings. The maximum Gasteiger partial charge on any atom is 0.286 e. The number of anilines is 1. The SMILES string of the molecule is CN(Cc1nc2ccccc2c(=O)[nH]1)C(=O)c1ccc2c(c1)S(=O)(=O)N=C1CCCCCN12. The van der Waals surface area contributed by atoms with Gasteiger partial charge in [0.15, 0.2) is 0 Å². The molecule has 2 aliphatic heterocycles. The summed E-state index contributed by atoms with van der Waals surface area (Å²) < 4.78 is 29.7. The Bertz CT molecular complexity index is 1460. The summed E-state index contributed by atoms with van der Waals surface area (Å²) in [5, 5.41) is 0.476. The van der Waals surface area contributed by atoms with Gasteiger partial charge < -0.3 is 14.8 Å². The van der Waals surface area contributed by atoms with Crippen LogP contribution in [0.25, 0.3) is 10.9 Å². The number of fused-ring (bicyclic) bond motifs is 4. The fourth-order valence-electron chi connectivity index (χ4n) is 4.34. The van der Waals surface area contributed by atoms with E-state index in [4.69, 9.17) is 0 Å². The van der Waals surface area contributed by atoms with E-state index in [2.05, 4.69) is 14.4 Å². The third kappa shape index (κ3) is 3.91. The van der Waals surface area contributed by atoms with Gasteiger partial charge in [-0.3, -0.25) is 9.59 Å². The number of amidine groups is 1. The lowest BCUT2D eigenvalue weighted by Crippen LogP contribution is -2.35. The molecule has 1 aromatic heterocycles. The number of carbonyl (C=O) groups is 1. The Kier molecular flexibility index (Phi) is 5.24. The van der Waals surface area contributed by atoms with Gasteiger partial charge >= 0.3 is 0 Å². The topological polar surface area (TPSA) is 116 Å². The van der Waals surface area contributed by atoms with Crippen LogP contribution >= 0.6 is 0 Å². The van der Waals surface area contributed by atoms with Crippen LogP contribution in [0.2, 0.25) is 0 Å². The van der Waals surface area contributed by atoms with Crippen molar-refractivity contribution in [1.29, 1.82) is 0 Å². The minimum absolute atomic E-state index is 0.0460. The number of benzene rings is 2. The smallest absolute Gasteiger partial charge is 0.286 e. The van der Waals surface area contributed by atoms with E-state index in [1.807, 2.05) is 4.90 Å². The van der Waals surface area contributed by atoms with E-state index in [-0.39, 0.29) is 28.5 Å². The number of sulfonamides is 1. The molecule has 0 saturated carbocycles. The number of nitrogens with one attached hydrogen (secondary N) is 1. The average molecular weight is 466 g/mol. The highest BCUT2D eigenvalue weighted by atomic mass is 32.2. The summed E-state index contributed by atoms with van der Waals surface area (Å²) in [6.07, 6.45) is 3.52. The zero-order valence-electron chi connectivity index (χ0n) is 18.1. The van der Waals surface area contributed by atoms with Gasteiger partial charge in [0.1, 0.15) is 16.6 Å². The van der Waals surface area contributed by atoms with Gasteiger partial charge in [-0.05, 0) is 43.2 Å². The number of hydrogen-bond acceptors (Lipinski definition) is 6. The first kappa shape index (κ1) is 21.3. The van der Waals surface area contributed by atoms with Crippen LogP contribution in [0.4, 0.5) is 5.69 Å². The van der Waals surface area contributed by atoms with E-state index in [0.717, 1.165) is 19.3 Å². The lowest BCUT2D eigenvalue weighted by molar-refractivity contribution is 0.0781. The van der Waals surface area contributed by atoms with E-state index >= 15 is 0 Å². The zero-order valence-corrected chi connectivity index (χ0v) is 18.9. The Morgan fingerprint density at radius 2 is 1.97 bits per heavy atom. The Morgan fingerprint density at radius 1 is 1.15 bits per heavy atom. The molecular formula is C23H23N5O4S. The van der Waals surface area contributed by atoms with Crippen LogP contribution in [0.3, 0.4) is 0 Å². The van der Waals surface area contributed by atoms with Gasteiger partial charge in [-0.25, -0.2) is 4.98 Å². The van der Waals surface area contributed by atoms with Crippen LogP contribution in [0.5, 0.6) is 0 Å². The molecule has 0 radical (unpaired) electrons. The fourth-order valence-corrected chi connectivity index (χ4v) is 5.62. The van der Waals surface area contributed by atoms with E-state index < -0.39 is 10.0 Å². The molecule has 0 spiro atoms. The molecule has 0 atom stereocenters. The molecule has 33 heavy (non-hydrogen) atoms. The molecule has 1 saturated heterocycles. The predicted octanol–water partition coefficient (Wildman–Crippen LogP) is 2.68. The monoisotopic (exact) mass is 465 g/mol. The number of rotatable bonds is 3. The quantitative estimate of drug-likeness (QED) is 0.636. The Balaban J connectivity index is 1.44. The zero-order chi connectivity index (χ0) is 23.2. The summed E-state index contributed by atoms with van der Waals surface area (Å²) in [4.78, 5) is 35.9. The molecular weight excluding hydrogens is 442 g/mol. The van der Waals surface area contributed by atoms with Crippen molar-refractivity contribution < 1.29 is 13.2 Å². The maximum atomic E-state index is 13.1. The van der Waals surface area contributed by atoms with Crippen LogP contribution in [-0.4, -0.2) is 48.6 Å². The highest BCUT2D eigenvalue weighted by Gasteiger charge is 2.32. The van der Waals surface area contributed by atoms with Crippen molar-refractivity contribution in [3.8, 4) is 0 Å². The second-order valence-corrected chi connectivity index (χ2v) is 9.89. The van der Waals surface area contributed by atoms with Gasteiger partial charge in [0.25, 0.3) is 21.5 Å². The van der Waals surface area contributed by atoms with E-state index in [1.165, 1.54) is 11.0 Å². The Morgan fingerprint density at radius 3 is 2.82 bits per heavy atom. The van der Waals surface area contributed by atoms with Crippen molar-refractivity contribution in [3.05, 3.63) is 64.2 Å². The fraction of sp³-hybridized carbons (Fsp3) is 0.304. The van der Waals surface area contributed by atoms with Crippen LogP contribution in [0.1, 0.15) is 41.9 Å².